The van der Waals surface area contributed by atoms with Gasteiger partial charge < -0.3 is 5.11 Å². The first-order chi connectivity index (χ1) is 17.7. The molecular weight excluding hydrogens is 476 g/mol. The van der Waals surface area contributed by atoms with E-state index in [0.717, 1.165) is 78.5 Å². The fraction of sp³-hybridized carbons (Fsp3) is 0.438. The monoisotopic (exact) mass is 508 g/mol. The molecule has 0 heterocycles. The summed E-state index contributed by atoms with van der Waals surface area (Å²) in [5.74, 6) is 0.0770. The van der Waals surface area contributed by atoms with Crippen molar-refractivity contribution in [3.8, 4) is 11.1 Å². The largest absolute Gasteiger partial charge is 0.416 e. The number of aliphatic hydroxyl groups excluding tert-OH is 1. The quantitative estimate of drug-likeness (QED) is 0.349. The van der Waals surface area contributed by atoms with E-state index in [2.05, 4.69) is 6.07 Å². The first-order valence-corrected chi connectivity index (χ1v) is 13.5. The van der Waals surface area contributed by atoms with Gasteiger partial charge in [-0.15, -0.1) is 0 Å². The predicted molar refractivity (Wildman–Crippen MR) is 137 cm³/mol. The van der Waals surface area contributed by atoms with Crippen molar-refractivity contribution < 1.29 is 22.7 Å². The minimum Gasteiger partial charge on any atom is -0.388 e. The van der Waals surface area contributed by atoms with Crippen molar-refractivity contribution in [1.29, 1.82) is 0 Å². The Morgan fingerprint density at radius 1 is 0.892 bits per heavy atom. The Morgan fingerprint density at radius 2 is 1.57 bits per heavy atom. The van der Waals surface area contributed by atoms with Gasteiger partial charge in [-0.2, -0.15) is 13.2 Å². The molecule has 3 aromatic rings. The van der Waals surface area contributed by atoms with Crippen molar-refractivity contribution in [2.24, 2.45) is 5.41 Å². The highest BCUT2D eigenvalue weighted by Gasteiger charge is 2.44. The fourth-order valence-electron chi connectivity index (χ4n) is 7.15. The highest BCUT2D eigenvalue weighted by molar-refractivity contribution is 5.76. The molecule has 0 radical (unpaired) electrons. The molecule has 1 spiro atoms. The summed E-state index contributed by atoms with van der Waals surface area (Å²) in [7, 11) is 0. The molecule has 0 aliphatic heterocycles. The van der Waals surface area contributed by atoms with Crippen LogP contribution in [0.5, 0.6) is 0 Å². The van der Waals surface area contributed by atoms with E-state index < -0.39 is 17.8 Å². The molecule has 2 saturated carbocycles. The Labute approximate surface area is 215 Å². The number of rotatable bonds is 4. The lowest BCUT2D eigenvalue weighted by Crippen LogP contribution is -2.37. The number of hydrogen-bond donors (Lipinski definition) is 1. The van der Waals surface area contributed by atoms with E-state index in [1.54, 1.807) is 24.3 Å². The molecule has 0 bridgehead atoms. The maximum absolute atomic E-state index is 13.9. The van der Waals surface area contributed by atoms with Crippen LogP contribution in [0.2, 0.25) is 0 Å². The van der Waals surface area contributed by atoms with Crippen molar-refractivity contribution >= 4 is 0 Å². The molecule has 1 atom stereocenters. The summed E-state index contributed by atoms with van der Waals surface area (Å²) in [6, 6.07) is 14.2. The normalized spacial score (nSPS) is 21.2. The third-order valence-corrected chi connectivity index (χ3v) is 9.12. The second kappa shape index (κ2) is 9.27. The fourth-order valence-corrected chi connectivity index (χ4v) is 7.15. The number of benzene rings is 3. The summed E-state index contributed by atoms with van der Waals surface area (Å²) in [6.45, 7) is 0. The molecule has 37 heavy (non-hydrogen) atoms. The third kappa shape index (κ3) is 4.60. The van der Waals surface area contributed by atoms with E-state index in [9.17, 15) is 22.7 Å². The second-order valence-electron chi connectivity index (χ2n) is 11.5. The van der Waals surface area contributed by atoms with Crippen LogP contribution in [0, 0.1) is 11.2 Å². The summed E-state index contributed by atoms with van der Waals surface area (Å²) >= 11 is 0. The van der Waals surface area contributed by atoms with Crippen LogP contribution in [-0.4, -0.2) is 5.11 Å². The first-order valence-electron chi connectivity index (χ1n) is 13.5. The van der Waals surface area contributed by atoms with E-state index in [1.165, 1.54) is 42.5 Å². The van der Waals surface area contributed by atoms with Gasteiger partial charge in [0.1, 0.15) is 5.82 Å². The van der Waals surface area contributed by atoms with Gasteiger partial charge in [0.15, 0.2) is 0 Å². The van der Waals surface area contributed by atoms with Crippen molar-refractivity contribution in [1.82, 2.24) is 0 Å². The zero-order valence-electron chi connectivity index (χ0n) is 20.9. The minimum atomic E-state index is -4.37. The lowest BCUT2D eigenvalue weighted by molar-refractivity contribution is -0.137. The van der Waals surface area contributed by atoms with E-state index in [1.807, 2.05) is 0 Å². The summed E-state index contributed by atoms with van der Waals surface area (Å²) in [6.07, 6.45) is 5.18. The summed E-state index contributed by atoms with van der Waals surface area (Å²) in [5, 5.41) is 11.5. The molecule has 5 heteroatoms. The molecule has 3 aromatic carbocycles. The molecule has 1 unspecified atom stereocenters. The Bertz CT molecular complexity index is 1280. The number of aliphatic hydroxyl groups is 1. The lowest BCUT2D eigenvalue weighted by Gasteiger charge is -2.48. The maximum atomic E-state index is 13.9. The molecule has 0 amide bonds. The van der Waals surface area contributed by atoms with Gasteiger partial charge in [0.05, 0.1) is 11.7 Å². The number of fused-ring (bicyclic) bond motifs is 1. The minimum absolute atomic E-state index is 0.175. The molecule has 3 aliphatic rings. The summed E-state index contributed by atoms with van der Waals surface area (Å²) in [4.78, 5) is 0. The van der Waals surface area contributed by atoms with Gasteiger partial charge in [-0.3, -0.25) is 0 Å². The van der Waals surface area contributed by atoms with Crippen molar-refractivity contribution in [2.45, 2.75) is 82.4 Å². The van der Waals surface area contributed by atoms with Gasteiger partial charge in [-0.25, -0.2) is 4.39 Å². The van der Waals surface area contributed by atoms with Gasteiger partial charge in [0.2, 0.25) is 0 Å². The van der Waals surface area contributed by atoms with E-state index in [-0.39, 0.29) is 11.2 Å². The average molecular weight is 509 g/mol. The van der Waals surface area contributed by atoms with Crippen LogP contribution in [0.15, 0.2) is 54.6 Å². The molecule has 0 aromatic heterocycles. The lowest BCUT2D eigenvalue weighted by atomic mass is 9.58. The van der Waals surface area contributed by atoms with Crippen LogP contribution in [0.3, 0.4) is 0 Å². The van der Waals surface area contributed by atoms with Crippen molar-refractivity contribution in [2.75, 3.05) is 0 Å². The highest BCUT2D eigenvalue weighted by atomic mass is 19.4. The average Bonchev–Trinajstić information content (AvgIpc) is 3.38. The Kier molecular flexibility index (Phi) is 6.18. The maximum Gasteiger partial charge on any atom is 0.416 e. The van der Waals surface area contributed by atoms with Gasteiger partial charge in [0, 0.05) is 0 Å². The smallest absolute Gasteiger partial charge is 0.388 e. The SMILES string of the molecule is OC1CC2(CCC2)Cc2cc(C3CCCC3)c(Cc3ccc(C(F)(F)F)cc3)c(-c3ccc(F)cc3)c21. The summed E-state index contributed by atoms with van der Waals surface area (Å²) < 4.78 is 53.5. The standard InChI is InChI=1S/C32H32F4O/c33-25-12-8-22(9-13-25)29-27(16-20-6-10-24(11-7-20)32(34,35)36)26(21-4-1-2-5-21)17-23-18-31(14-3-15-31)19-28(37)30(23)29/h6-13,17,21,28,37H,1-5,14-16,18-19H2. The molecule has 6 rings (SSSR count). The van der Waals surface area contributed by atoms with Gasteiger partial charge in [-0.1, -0.05) is 49.6 Å². The van der Waals surface area contributed by atoms with E-state index >= 15 is 0 Å². The van der Waals surface area contributed by atoms with Crippen LogP contribution in [0.1, 0.15) is 96.8 Å². The van der Waals surface area contributed by atoms with Crippen molar-refractivity contribution in [3.63, 3.8) is 0 Å². The Hall–Kier alpha value is -2.66. The van der Waals surface area contributed by atoms with E-state index in [4.69, 9.17) is 0 Å². The molecule has 0 saturated heterocycles. The van der Waals surface area contributed by atoms with Crippen LogP contribution in [-0.2, 0) is 19.0 Å². The summed E-state index contributed by atoms with van der Waals surface area (Å²) in [5.41, 5.74) is 6.62. The molecule has 2 fully saturated rings. The Balaban J connectivity index is 1.54. The number of halogens is 4. The molecular formula is C32H32F4O. The first kappa shape index (κ1) is 24.7. The van der Waals surface area contributed by atoms with Crippen molar-refractivity contribution in [3.05, 3.63) is 93.8 Å². The molecule has 3 aliphatic carbocycles. The number of alkyl halides is 3. The van der Waals surface area contributed by atoms with Crippen LogP contribution >= 0.6 is 0 Å². The number of hydrogen-bond acceptors (Lipinski definition) is 1. The van der Waals surface area contributed by atoms with Crippen LogP contribution < -0.4 is 0 Å². The Morgan fingerprint density at radius 3 is 2.16 bits per heavy atom. The highest BCUT2D eigenvalue weighted by Crippen LogP contribution is 2.56. The van der Waals surface area contributed by atoms with Gasteiger partial charge >= 0.3 is 6.18 Å². The topological polar surface area (TPSA) is 20.2 Å². The molecule has 194 valence electrons. The zero-order valence-corrected chi connectivity index (χ0v) is 20.9. The van der Waals surface area contributed by atoms with Crippen LogP contribution in [0.4, 0.5) is 17.6 Å². The second-order valence-corrected chi connectivity index (χ2v) is 11.5. The third-order valence-electron chi connectivity index (χ3n) is 9.12. The van der Waals surface area contributed by atoms with Gasteiger partial charge in [0.25, 0.3) is 0 Å². The zero-order chi connectivity index (χ0) is 25.8. The molecule has 1 N–H and O–H groups in total. The van der Waals surface area contributed by atoms with Gasteiger partial charge in [-0.05, 0) is 119 Å². The predicted octanol–water partition coefficient (Wildman–Crippen LogP) is 8.91. The van der Waals surface area contributed by atoms with Crippen LogP contribution in [0.25, 0.3) is 11.1 Å². The molecule has 1 nitrogen and oxygen atoms in total. The van der Waals surface area contributed by atoms with E-state index in [0.29, 0.717) is 12.3 Å².